The highest BCUT2D eigenvalue weighted by Gasteiger charge is 2.07. The van der Waals surface area contributed by atoms with Gasteiger partial charge < -0.3 is 10.1 Å². The summed E-state index contributed by atoms with van der Waals surface area (Å²) in [6, 6.07) is 14.2. The van der Waals surface area contributed by atoms with E-state index in [1.807, 2.05) is 24.3 Å². The Morgan fingerprint density at radius 3 is 2.58 bits per heavy atom. The van der Waals surface area contributed by atoms with E-state index in [4.69, 9.17) is 10.5 Å². The highest BCUT2D eigenvalue weighted by Crippen LogP contribution is 2.27. The number of methoxy groups -OCH3 is 1. The van der Waals surface area contributed by atoms with E-state index in [1.165, 1.54) is 25.1 Å². The second-order valence-corrected chi connectivity index (χ2v) is 5.52. The number of nitrogens with one attached hydrogen (secondary N) is 1. The Bertz CT molecular complexity index is 832. The van der Waals surface area contributed by atoms with Crippen molar-refractivity contribution in [3.63, 3.8) is 0 Å². The van der Waals surface area contributed by atoms with Gasteiger partial charge in [-0.3, -0.25) is 0 Å². The lowest BCUT2D eigenvalue weighted by Crippen LogP contribution is -2.01. The number of pyridine rings is 1. The zero-order valence-corrected chi connectivity index (χ0v) is 13.5. The lowest BCUT2D eigenvalue weighted by molar-refractivity contribution is 0.0600. The molecule has 0 fully saturated rings. The summed E-state index contributed by atoms with van der Waals surface area (Å²) in [6.45, 7) is 0. The lowest BCUT2D eigenvalue weighted by atomic mass is 10.3. The van der Waals surface area contributed by atoms with E-state index in [0.717, 1.165) is 10.6 Å². The molecule has 0 saturated carbocycles. The van der Waals surface area contributed by atoms with Crippen molar-refractivity contribution >= 4 is 23.4 Å². The summed E-state index contributed by atoms with van der Waals surface area (Å²) >= 11 is 1.40. The SMILES string of the molecule is COC(=O)c1ccnc(Sc2ccc(NC=C(C#N)C#N)cc2)c1. The van der Waals surface area contributed by atoms with Crippen LogP contribution in [0.2, 0.25) is 0 Å². The van der Waals surface area contributed by atoms with Gasteiger partial charge in [-0.25, -0.2) is 9.78 Å². The minimum Gasteiger partial charge on any atom is -0.465 e. The Morgan fingerprint density at radius 2 is 1.96 bits per heavy atom. The Labute approximate surface area is 143 Å². The predicted octanol–water partition coefficient (Wildman–Crippen LogP) is 3.36. The predicted molar refractivity (Wildman–Crippen MR) is 89.1 cm³/mol. The van der Waals surface area contributed by atoms with Crippen LogP contribution in [0.4, 0.5) is 5.69 Å². The fraction of sp³-hybridized carbons (Fsp3) is 0.0588. The number of aromatic nitrogens is 1. The zero-order chi connectivity index (χ0) is 17.4. The number of carbonyl (C=O) groups excluding carboxylic acids is 1. The van der Waals surface area contributed by atoms with Crippen molar-refractivity contribution in [3.8, 4) is 12.1 Å². The van der Waals surface area contributed by atoms with Gasteiger partial charge in [0, 0.05) is 23.0 Å². The number of allylic oxidation sites excluding steroid dienone is 1. The fourth-order valence-corrected chi connectivity index (χ4v) is 2.51. The summed E-state index contributed by atoms with van der Waals surface area (Å²) in [5.74, 6) is -0.406. The van der Waals surface area contributed by atoms with Gasteiger partial charge in [-0.15, -0.1) is 0 Å². The third-order valence-electron chi connectivity index (χ3n) is 2.86. The van der Waals surface area contributed by atoms with Crippen LogP contribution in [0.3, 0.4) is 0 Å². The van der Waals surface area contributed by atoms with Crippen LogP contribution >= 0.6 is 11.8 Å². The maximum atomic E-state index is 11.5. The summed E-state index contributed by atoms with van der Waals surface area (Å²) in [4.78, 5) is 16.7. The summed E-state index contributed by atoms with van der Waals surface area (Å²) in [5.41, 5.74) is 1.19. The number of hydrogen-bond acceptors (Lipinski definition) is 7. The molecule has 118 valence electrons. The van der Waals surface area contributed by atoms with Gasteiger partial charge >= 0.3 is 5.97 Å². The number of esters is 1. The van der Waals surface area contributed by atoms with Crippen molar-refractivity contribution < 1.29 is 9.53 Å². The summed E-state index contributed by atoms with van der Waals surface area (Å²) in [5, 5.41) is 20.9. The standard InChI is InChI=1S/C17H12N4O2S/c1-23-17(22)13-6-7-20-16(8-13)24-15-4-2-14(3-5-15)21-11-12(9-18)10-19/h2-8,11,21H,1H3. The van der Waals surface area contributed by atoms with Crippen LogP contribution < -0.4 is 5.32 Å². The Hall–Kier alpha value is -3.29. The molecule has 0 saturated heterocycles. The van der Waals surface area contributed by atoms with Gasteiger partial charge in [0.15, 0.2) is 0 Å². The number of benzene rings is 1. The smallest absolute Gasteiger partial charge is 0.337 e. The largest absolute Gasteiger partial charge is 0.465 e. The Kier molecular flexibility index (Phi) is 5.95. The van der Waals surface area contributed by atoms with Gasteiger partial charge in [0.2, 0.25) is 0 Å². The third kappa shape index (κ3) is 4.60. The molecule has 1 N–H and O–H groups in total. The van der Waals surface area contributed by atoms with E-state index >= 15 is 0 Å². The van der Waals surface area contributed by atoms with Crippen LogP contribution in [0, 0.1) is 22.7 Å². The van der Waals surface area contributed by atoms with E-state index in [2.05, 4.69) is 15.0 Å². The average molecular weight is 336 g/mol. The van der Waals surface area contributed by atoms with Crippen molar-refractivity contribution in [1.29, 1.82) is 10.5 Å². The van der Waals surface area contributed by atoms with Crippen molar-refractivity contribution in [1.82, 2.24) is 4.98 Å². The van der Waals surface area contributed by atoms with Gasteiger partial charge in [0.1, 0.15) is 22.7 Å². The maximum absolute atomic E-state index is 11.5. The summed E-state index contributed by atoms with van der Waals surface area (Å²) < 4.78 is 4.69. The van der Waals surface area contributed by atoms with E-state index in [-0.39, 0.29) is 5.57 Å². The molecule has 0 aliphatic rings. The minimum absolute atomic E-state index is 0.00252. The molecule has 0 aliphatic heterocycles. The molecule has 1 aromatic carbocycles. The minimum atomic E-state index is -0.406. The number of hydrogen-bond donors (Lipinski definition) is 1. The van der Waals surface area contributed by atoms with Crippen molar-refractivity contribution in [3.05, 3.63) is 59.9 Å². The molecule has 2 rings (SSSR count). The van der Waals surface area contributed by atoms with Crippen LogP contribution in [-0.2, 0) is 4.74 Å². The number of nitrogens with zero attached hydrogens (tertiary/aromatic N) is 3. The van der Waals surface area contributed by atoms with Crippen molar-refractivity contribution in [2.45, 2.75) is 9.92 Å². The van der Waals surface area contributed by atoms with Gasteiger partial charge in [-0.2, -0.15) is 10.5 Å². The lowest BCUT2D eigenvalue weighted by Gasteiger charge is -2.05. The highest BCUT2D eigenvalue weighted by molar-refractivity contribution is 7.99. The first kappa shape index (κ1) is 17.1. The summed E-state index contributed by atoms with van der Waals surface area (Å²) in [7, 11) is 1.33. The van der Waals surface area contributed by atoms with Crippen LogP contribution in [0.5, 0.6) is 0 Å². The van der Waals surface area contributed by atoms with Crippen LogP contribution in [0.25, 0.3) is 0 Å². The highest BCUT2D eigenvalue weighted by atomic mass is 32.2. The van der Waals surface area contributed by atoms with Crippen LogP contribution in [0.15, 0.2) is 64.3 Å². The van der Waals surface area contributed by atoms with E-state index in [0.29, 0.717) is 10.6 Å². The molecule has 0 spiro atoms. The normalized spacial score (nSPS) is 9.29. The molecule has 24 heavy (non-hydrogen) atoms. The van der Waals surface area contributed by atoms with Crippen LogP contribution in [0.1, 0.15) is 10.4 Å². The Morgan fingerprint density at radius 1 is 1.25 bits per heavy atom. The number of ether oxygens (including phenoxy) is 1. The molecule has 2 aromatic rings. The molecule has 7 heteroatoms. The number of rotatable bonds is 5. The molecule has 0 aliphatic carbocycles. The van der Waals surface area contributed by atoms with Gasteiger partial charge in [-0.05, 0) is 36.4 Å². The first-order valence-corrected chi connectivity index (χ1v) is 7.57. The fourth-order valence-electron chi connectivity index (χ4n) is 1.70. The quantitative estimate of drug-likeness (QED) is 0.660. The Balaban J connectivity index is 2.07. The molecule has 0 bridgehead atoms. The van der Waals surface area contributed by atoms with Crippen LogP contribution in [-0.4, -0.2) is 18.1 Å². The second kappa shape index (κ2) is 8.37. The topological polar surface area (TPSA) is 98.8 Å². The average Bonchev–Trinajstić information content (AvgIpc) is 2.63. The first-order valence-electron chi connectivity index (χ1n) is 6.75. The molecule has 0 atom stereocenters. The molecule has 0 radical (unpaired) electrons. The molecular formula is C17H12N4O2S. The number of nitriles is 2. The molecular weight excluding hydrogens is 324 g/mol. The zero-order valence-electron chi connectivity index (χ0n) is 12.7. The molecule has 0 unspecified atom stereocenters. The maximum Gasteiger partial charge on any atom is 0.337 e. The molecule has 1 aromatic heterocycles. The monoisotopic (exact) mass is 336 g/mol. The van der Waals surface area contributed by atoms with Crippen molar-refractivity contribution in [2.75, 3.05) is 12.4 Å². The third-order valence-corrected chi connectivity index (χ3v) is 3.80. The first-order chi connectivity index (χ1) is 11.7. The van der Waals surface area contributed by atoms with Gasteiger partial charge in [0.25, 0.3) is 0 Å². The van der Waals surface area contributed by atoms with E-state index in [1.54, 1.807) is 30.5 Å². The second-order valence-electron chi connectivity index (χ2n) is 4.43. The summed E-state index contributed by atoms with van der Waals surface area (Å²) in [6.07, 6.45) is 2.91. The molecule has 0 amide bonds. The van der Waals surface area contributed by atoms with Crippen molar-refractivity contribution in [2.24, 2.45) is 0 Å². The van der Waals surface area contributed by atoms with E-state index in [9.17, 15) is 4.79 Å². The molecule has 6 nitrogen and oxygen atoms in total. The van der Waals surface area contributed by atoms with Gasteiger partial charge in [-0.1, -0.05) is 11.8 Å². The number of carbonyl (C=O) groups is 1. The molecule has 1 heterocycles. The van der Waals surface area contributed by atoms with E-state index < -0.39 is 5.97 Å². The number of anilines is 1. The van der Waals surface area contributed by atoms with Gasteiger partial charge in [0.05, 0.1) is 12.7 Å².